The number of carbonyl (C=O) groups excluding carboxylic acids is 1. The minimum Gasteiger partial charge on any atom is -0.493 e. The molecule has 1 aromatic rings. The molecule has 2 heterocycles. The van der Waals surface area contributed by atoms with E-state index in [0.29, 0.717) is 29.9 Å². The highest BCUT2D eigenvalue weighted by Gasteiger charge is 2.49. The summed E-state index contributed by atoms with van der Waals surface area (Å²) in [6, 6.07) is 3.79. The summed E-state index contributed by atoms with van der Waals surface area (Å²) in [5.41, 5.74) is 0.894. The Morgan fingerprint density at radius 1 is 1.19 bits per heavy atom. The summed E-state index contributed by atoms with van der Waals surface area (Å²) in [5, 5.41) is 0. The third kappa shape index (κ3) is 2.99. The lowest BCUT2D eigenvalue weighted by atomic mass is 9.65. The van der Waals surface area contributed by atoms with Gasteiger partial charge in [0.25, 0.3) is 0 Å². The summed E-state index contributed by atoms with van der Waals surface area (Å²) in [6.45, 7) is 1.61. The van der Waals surface area contributed by atoms with Crippen LogP contribution in [-0.2, 0) is 11.2 Å². The second-order valence-electron chi connectivity index (χ2n) is 7.48. The van der Waals surface area contributed by atoms with Gasteiger partial charge in [0.1, 0.15) is 6.17 Å². The third-order valence-electron chi connectivity index (χ3n) is 5.98. The number of methoxy groups -OCH3 is 2. The average molecular weight is 389 g/mol. The van der Waals surface area contributed by atoms with Gasteiger partial charge in [-0.2, -0.15) is 0 Å². The first kappa shape index (κ1) is 18.6. The van der Waals surface area contributed by atoms with Gasteiger partial charge in [-0.3, -0.25) is 4.79 Å². The molecule has 144 valence electrons. The van der Waals surface area contributed by atoms with E-state index in [-0.39, 0.29) is 12.2 Å². The van der Waals surface area contributed by atoms with E-state index in [1.54, 1.807) is 38.1 Å². The first-order chi connectivity index (χ1) is 13.0. The molecule has 0 radical (unpaired) electrons. The van der Waals surface area contributed by atoms with Crippen LogP contribution < -0.4 is 9.47 Å². The standard InChI is InChI=1S/C21H24FNO3S/c1-23-8-6-21(7-9-23)19(22)5-4-17-20(21)14(24)10-13-11-15(25-2)16(26-3)12-18(13)27-17/h4-5,11-12,19H,6-10H2,1-3H3. The second kappa shape index (κ2) is 6.99. The molecule has 1 fully saturated rings. The largest absolute Gasteiger partial charge is 0.493 e. The molecule has 0 saturated carbocycles. The lowest BCUT2D eigenvalue weighted by Crippen LogP contribution is -2.47. The normalized spacial score (nSPS) is 24.4. The van der Waals surface area contributed by atoms with Crippen molar-refractivity contribution in [1.29, 1.82) is 0 Å². The average Bonchev–Trinajstić information content (AvgIpc) is 2.81. The lowest BCUT2D eigenvalue weighted by Gasteiger charge is -2.45. The minimum absolute atomic E-state index is 0.0278. The number of rotatable bonds is 2. The molecule has 1 aromatic carbocycles. The van der Waals surface area contributed by atoms with E-state index >= 15 is 4.39 Å². The molecule has 4 rings (SSSR count). The molecule has 0 amide bonds. The van der Waals surface area contributed by atoms with Gasteiger partial charge in [-0.25, -0.2) is 4.39 Å². The molecule has 1 saturated heterocycles. The maximum absolute atomic E-state index is 15.2. The van der Waals surface area contributed by atoms with Crippen LogP contribution in [0.5, 0.6) is 11.5 Å². The molecular formula is C21H24FNO3S. The Hall–Kier alpha value is -1.79. The number of carbonyl (C=O) groups is 1. The lowest BCUT2D eigenvalue weighted by molar-refractivity contribution is -0.117. The van der Waals surface area contributed by atoms with Crippen molar-refractivity contribution >= 4 is 17.5 Å². The zero-order chi connectivity index (χ0) is 19.2. The number of hydrogen-bond donors (Lipinski definition) is 0. The Morgan fingerprint density at radius 3 is 2.52 bits per heavy atom. The molecule has 1 spiro atoms. The molecule has 1 atom stereocenters. The number of piperidine rings is 1. The summed E-state index contributed by atoms with van der Waals surface area (Å²) in [4.78, 5) is 17.4. The fourth-order valence-corrected chi connectivity index (χ4v) is 5.61. The van der Waals surface area contributed by atoms with Gasteiger partial charge in [0, 0.05) is 27.2 Å². The number of halogens is 1. The van der Waals surface area contributed by atoms with Gasteiger partial charge in [-0.1, -0.05) is 11.8 Å². The second-order valence-corrected chi connectivity index (χ2v) is 8.56. The molecule has 0 aromatic heterocycles. The Kier molecular flexibility index (Phi) is 4.80. The van der Waals surface area contributed by atoms with Gasteiger partial charge in [0.05, 0.1) is 14.2 Å². The predicted molar refractivity (Wildman–Crippen MR) is 104 cm³/mol. The quantitative estimate of drug-likeness (QED) is 0.769. The third-order valence-corrected chi connectivity index (χ3v) is 7.14. The number of ether oxygens (including phenoxy) is 2. The van der Waals surface area contributed by atoms with Crippen LogP contribution in [-0.4, -0.2) is 51.2 Å². The summed E-state index contributed by atoms with van der Waals surface area (Å²) in [7, 11) is 5.23. The number of ketones is 1. The first-order valence-electron chi connectivity index (χ1n) is 9.20. The number of Topliss-reactive ketones (excluding diaryl/α,β-unsaturated/α-hetero) is 1. The molecule has 3 aliphatic rings. The van der Waals surface area contributed by atoms with Crippen molar-refractivity contribution in [3.8, 4) is 11.5 Å². The minimum atomic E-state index is -1.11. The molecule has 27 heavy (non-hydrogen) atoms. The summed E-state index contributed by atoms with van der Waals surface area (Å²) in [6.07, 6.45) is 3.92. The molecule has 2 aliphatic heterocycles. The SMILES string of the molecule is COc1cc2c(cc1OC)SC1=C(C(=O)C2)C2(CCN(C)CC2)C(F)C=C1. The predicted octanol–water partition coefficient (Wildman–Crippen LogP) is 3.80. The van der Waals surface area contributed by atoms with Crippen LogP contribution in [0.4, 0.5) is 4.39 Å². The van der Waals surface area contributed by atoms with Gasteiger partial charge in [0.15, 0.2) is 17.3 Å². The van der Waals surface area contributed by atoms with Crippen LogP contribution in [0.3, 0.4) is 0 Å². The van der Waals surface area contributed by atoms with Gasteiger partial charge in [-0.15, -0.1) is 0 Å². The summed E-state index contributed by atoms with van der Waals surface area (Å²) in [5.74, 6) is 1.27. The Labute approximate surface area is 163 Å². The fraction of sp³-hybridized carbons (Fsp3) is 0.476. The van der Waals surface area contributed by atoms with Crippen molar-refractivity contribution in [3.63, 3.8) is 0 Å². The number of nitrogens with zero attached hydrogens (tertiary/aromatic N) is 1. The number of benzene rings is 1. The van der Waals surface area contributed by atoms with Crippen molar-refractivity contribution in [2.75, 3.05) is 34.4 Å². The number of alkyl halides is 1. The Bertz CT molecular complexity index is 840. The number of fused-ring (bicyclic) bond motifs is 2. The smallest absolute Gasteiger partial charge is 0.165 e. The van der Waals surface area contributed by atoms with Crippen molar-refractivity contribution in [2.24, 2.45) is 5.41 Å². The monoisotopic (exact) mass is 389 g/mol. The topological polar surface area (TPSA) is 38.8 Å². The van der Waals surface area contributed by atoms with Gasteiger partial charge in [0.2, 0.25) is 0 Å². The molecule has 1 unspecified atom stereocenters. The number of thioether (sulfide) groups is 1. The highest BCUT2D eigenvalue weighted by atomic mass is 32.2. The first-order valence-corrected chi connectivity index (χ1v) is 10.0. The van der Waals surface area contributed by atoms with Gasteiger partial charge in [-0.05, 0) is 62.8 Å². The van der Waals surface area contributed by atoms with E-state index in [1.165, 1.54) is 0 Å². The van der Waals surface area contributed by atoms with Crippen molar-refractivity contribution in [1.82, 2.24) is 4.90 Å². The zero-order valence-corrected chi connectivity index (χ0v) is 16.7. The van der Waals surface area contributed by atoms with Crippen LogP contribution in [0, 0.1) is 5.41 Å². The van der Waals surface area contributed by atoms with E-state index in [2.05, 4.69) is 4.90 Å². The van der Waals surface area contributed by atoms with E-state index < -0.39 is 11.6 Å². The molecule has 4 nitrogen and oxygen atoms in total. The highest BCUT2D eigenvalue weighted by Crippen LogP contribution is 2.53. The van der Waals surface area contributed by atoms with Crippen LogP contribution >= 0.6 is 11.8 Å². The molecular weight excluding hydrogens is 365 g/mol. The maximum atomic E-state index is 15.2. The van der Waals surface area contributed by atoms with Gasteiger partial charge < -0.3 is 14.4 Å². The molecule has 1 aliphatic carbocycles. The van der Waals surface area contributed by atoms with E-state index in [0.717, 1.165) is 28.5 Å². The number of allylic oxidation sites excluding steroid dienone is 3. The summed E-state index contributed by atoms with van der Waals surface area (Å²) < 4.78 is 26.0. The fourth-order valence-electron chi connectivity index (χ4n) is 4.38. The van der Waals surface area contributed by atoms with E-state index in [1.807, 2.05) is 19.2 Å². The zero-order valence-electron chi connectivity index (χ0n) is 15.9. The van der Waals surface area contributed by atoms with Crippen molar-refractivity contribution in [3.05, 3.63) is 40.3 Å². The van der Waals surface area contributed by atoms with Crippen molar-refractivity contribution in [2.45, 2.75) is 30.3 Å². The van der Waals surface area contributed by atoms with Crippen molar-refractivity contribution < 1.29 is 18.7 Å². The van der Waals surface area contributed by atoms with Crippen LogP contribution in [0.1, 0.15) is 18.4 Å². The van der Waals surface area contributed by atoms with E-state index in [9.17, 15) is 4.79 Å². The maximum Gasteiger partial charge on any atom is 0.165 e. The Balaban J connectivity index is 1.80. The number of likely N-dealkylation sites (tertiary alicyclic amines) is 1. The molecule has 0 N–H and O–H groups in total. The summed E-state index contributed by atoms with van der Waals surface area (Å²) >= 11 is 1.54. The highest BCUT2D eigenvalue weighted by molar-refractivity contribution is 8.03. The van der Waals surface area contributed by atoms with Crippen LogP contribution in [0.2, 0.25) is 0 Å². The Morgan fingerprint density at radius 2 is 1.85 bits per heavy atom. The molecule has 0 bridgehead atoms. The van der Waals surface area contributed by atoms with Crippen LogP contribution in [0.25, 0.3) is 0 Å². The van der Waals surface area contributed by atoms with Crippen LogP contribution in [0.15, 0.2) is 39.7 Å². The van der Waals surface area contributed by atoms with E-state index in [4.69, 9.17) is 9.47 Å². The molecule has 6 heteroatoms. The number of hydrogen-bond acceptors (Lipinski definition) is 5. The van der Waals surface area contributed by atoms with Gasteiger partial charge >= 0.3 is 0 Å².